The second-order valence-electron chi connectivity index (χ2n) is 5.95. The maximum Gasteiger partial charge on any atom is 0.274 e. The number of benzene rings is 1. The Hall–Kier alpha value is -2.73. The van der Waals surface area contributed by atoms with Gasteiger partial charge < -0.3 is 4.90 Å². The molecule has 1 aromatic carbocycles. The van der Waals surface area contributed by atoms with Gasteiger partial charge in [-0.3, -0.25) is 14.9 Å². The summed E-state index contributed by atoms with van der Waals surface area (Å²) in [6, 6.07) is 7.57. The van der Waals surface area contributed by atoms with Crippen LogP contribution in [0.15, 0.2) is 49.1 Å². The van der Waals surface area contributed by atoms with Crippen molar-refractivity contribution in [1.29, 1.82) is 0 Å². The average Bonchev–Trinajstić information content (AvgIpc) is 3.30. The first-order valence-corrected chi connectivity index (χ1v) is 8.48. The summed E-state index contributed by atoms with van der Waals surface area (Å²) in [5.74, 6) is -0.109. The van der Waals surface area contributed by atoms with Gasteiger partial charge in [0.05, 0.1) is 24.1 Å². The van der Waals surface area contributed by atoms with Gasteiger partial charge in [-0.15, -0.1) is 0 Å². The molecule has 7 heteroatoms. The summed E-state index contributed by atoms with van der Waals surface area (Å²) < 4.78 is 0. The molecule has 1 saturated heterocycles. The lowest BCUT2D eigenvalue weighted by Crippen LogP contribution is -2.31. The van der Waals surface area contributed by atoms with Crippen LogP contribution in [0.1, 0.15) is 35.1 Å². The Labute approximate surface area is 149 Å². The third-order valence-electron chi connectivity index (χ3n) is 4.43. The number of likely N-dealkylation sites (tertiary alicyclic amines) is 1. The van der Waals surface area contributed by atoms with Crippen LogP contribution >= 0.6 is 11.6 Å². The molecule has 1 N–H and O–H groups in total. The fourth-order valence-corrected chi connectivity index (χ4v) is 3.49. The molecule has 0 bridgehead atoms. The predicted octanol–water partition coefficient (Wildman–Crippen LogP) is 3.50. The number of hydrogen-bond donors (Lipinski definition) is 1. The number of halogens is 1. The smallest absolute Gasteiger partial charge is 0.274 e. The van der Waals surface area contributed by atoms with E-state index >= 15 is 0 Å². The molecule has 1 atom stereocenters. The van der Waals surface area contributed by atoms with Gasteiger partial charge in [-0.25, -0.2) is 4.98 Å². The van der Waals surface area contributed by atoms with Crippen molar-refractivity contribution in [2.45, 2.75) is 18.9 Å². The largest absolute Gasteiger partial charge is 0.329 e. The zero-order chi connectivity index (χ0) is 17.2. The number of aromatic amines is 1. The van der Waals surface area contributed by atoms with Crippen LogP contribution in [-0.4, -0.2) is 37.5 Å². The van der Waals surface area contributed by atoms with Gasteiger partial charge in [0.1, 0.15) is 5.69 Å². The molecule has 0 radical (unpaired) electrons. The Kier molecular flexibility index (Phi) is 4.19. The Balaban J connectivity index is 1.68. The van der Waals surface area contributed by atoms with Crippen molar-refractivity contribution in [1.82, 2.24) is 25.1 Å². The maximum atomic E-state index is 12.8. The molecule has 0 unspecified atom stereocenters. The van der Waals surface area contributed by atoms with E-state index < -0.39 is 0 Å². The second kappa shape index (κ2) is 6.64. The highest BCUT2D eigenvalue weighted by atomic mass is 35.5. The number of rotatable bonds is 3. The van der Waals surface area contributed by atoms with Crippen LogP contribution in [0.2, 0.25) is 5.02 Å². The van der Waals surface area contributed by atoms with Crippen molar-refractivity contribution in [3.63, 3.8) is 0 Å². The summed E-state index contributed by atoms with van der Waals surface area (Å²) >= 11 is 6.12. The van der Waals surface area contributed by atoms with E-state index in [9.17, 15) is 4.79 Å². The standard InChI is InChI=1S/C18H16ClN5O/c19-13-4-1-3-12(9-13)14-10-22-23-17(14)16-5-2-8-24(16)18(25)15-11-20-6-7-21-15/h1,3-4,6-7,9-11,16H,2,5,8H2,(H,22,23)/t16-/m0/s1. The highest BCUT2D eigenvalue weighted by molar-refractivity contribution is 6.30. The van der Waals surface area contributed by atoms with Crippen LogP contribution in [-0.2, 0) is 0 Å². The highest BCUT2D eigenvalue weighted by Crippen LogP contribution is 2.37. The molecule has 1 aliphatic rings. The fourth-order valence-electron chi connectivity index (χ4n) is 3.30. The van der Waals surface area contributed by atoms with Crippen LogP contribution in [0, 0.1) is 0 Å². The molecular weight excluding hydrogens is 338 g/mol. The minimum Gasteiger partial charge on any atom is -0.329 e. The summed E-state index contributed by atoms with van der Waals surface area (Å²) in [5.41, 5.74) is 3.23. The molecule has 0 spiro atoms. The average molecular weight is 354 g/mol. The second-order valence-corrected chi connectivity index (χ2v) is 6.39. The lowest BCUT2D eigenvalue weighted by molar-refractivity contribution is 0.0727. The topological polar surface area (TPSA) is 74.8 Å². The Bertz CT molecular complexity index is 895. The van der Waals surface area contributed by atoms with Gasteiger partial charge >= 0.3 is 0 Å². The number of carbonyl (C=O) groups excluding carboxylic acids is 1. The van der Waals surface area contributed by atoms with Crippen molar-refractivity contribution in [3.8, 4) is 11.1 Å². The molecular formula is C18H16ClN5O. The number of carbonyl (C=O) groups is 1. The van der Waals surface area contributed by atoms with E-state index in [0.717, 1.165) is 29.7 Å². The van der Waals surface area contributed by atoms with Crippen molar-refractivity contribution in [2.75, 3.05) is 6.54 Å². The molecule has 6 nitrogen and oxygen atoms in total. The third kappa shape index (κ3) is 3.00. The SMILES string of the molecule is O=C(c1cnccn1)N1CCC[C@H]1c1[nH]ncc1-c1cccc(Cl)c1. The molecule has 4 rings (SSSR count). The first-order chi connectivity index (χ1) is 12.2. The number of amides is 1. The summed E-state index contributed by atoms with van der Waals surface area (Å²) in [5, 5.41) is 7.95. The predicted molar refractivity (Wildman–Crippen MR) is 94.1 cm³/mol. The van der Waals surface area contributed by atoms with Gasteiger partial charge in [-0.1, -0.05) is 23.7 Å². The molecule has 3 aromatic rings. The molecule has 126 valence electrons. The minimum atomic E-state index is -0.109. The first kappa shape index (κ1) is 15.8. The summed E-state index contributed by atoms with van der Waals surface area (Å²) in [6.07, 6.45) is 8.19. The van der Waals surface area contributed by atoms with Crippen molar-refractivity contribution in [2.24, 2.45) is 0 Å². The first-order valence-electron chi connectivity index (χ1n) is 8.10. The molecule has 1 amide bonds. The van der Waals surface area contributed by atoms with Crippen LogP contribution in [0.4, 0.5) is 0 Å². The third-order valence-corrected chi connectivity index (χ3v) is 4.67. The lowest BCUT2D eigenvalue weighted by Gasteiger charge is -2.24. The van der Waals surface area contributed by atoms with Crippen molar-refractivity contribution < 1.29 is 4.79 Å². The lowest BCUT2D eigenvalue weighted by atomic mass is 10.0. The van der Waals surface area contributed by atoms with Gasteiger partial charge in [0.15, 0.2) is 0 Å². The van der Waals surface area contributed by atoms with E-state index in [2.05, 4.69) is 20.2 Å². The highest BCUT2D eigenvalue weighted by Gasteiger charge is 2.33. The Morgan fingerprint density at radius 2 is 2.20 bits per heavy atom. The molecule has 0 aliphatic carbocycles. The van der Waals surface area contributed by atoms with E-state index in [1.54, 1.807) is 12.4 Å². The van der Waals surface area contributed by atoms with E-state index in [1.807, 2.05) is 29.2 Å². The molecule has 3 heterocycles. The van der Waals surface area contributed by atoms with Crippen molar-refractivity contribution in [3.05, 3.63) is 65.5 Å². The van der Waals surface area contributed by atoms with Gasteiger partial charge in [0, 0.05) is 29.5 Å². The number of aromatic nitrogens is 4. The summed E-state index contributed by atoms with van der Waals surface area (Å²) in [7, 11) is 0. The van der Waals surface area contributed by atoms with E-state index in [4.69, 9.17) is 11.6 Å². The van der Waals surface area contributed by atoms with Gasteiger partial charge in [0.25, 0.3) is 5.91 Å². The van der Waals surface area contributed by atoms with Gasteiger partial charge in [0.2, 0.25) is 0 Å². The number of hydrogen-bond acceptors (Lipinski definition) is 4. The normalized spacial score (nSPS) is 17.0. The quantitative estimate of drug-likeness (QED) is 0.782. The van der Waals surface area contributed by atoms with Gasteiger partial charge in [-0.05, 0) is 30.5 Å². The maximum absolute atomic E-state index is 12.8. The van der Waals surface area contributed by atoms with E-state index in [1.165, 1.54) is 12.4 Å². The molecule has 0 saturated carbocycles. The summed E-state index contributed by atoms with van der Waals surface area (Å²) in [4.78, 5) is 22.8. The fraction of sp³-hybridized carbons (Fsp3) is 0.222. The zero-order valence-corrected chi connectivity index (χ0v) is 14.1. The van der Waals surface area contributed by atoms with E-state index in [-0.39, 0.29) is 11.9 Å². The molecule has 1 aliphatic heterocycles. The molecule has 1 fully saturated rings. The van der Waals surface area contributed by atoms with Gasteiger partial charge in [-0.2, -0.15) is 5.10 Å². The number of nitrogens with one attached hydrogen (secondary N) is 1. The van der Waals surface area contributed by atoms with E-state index in [0.29, 0.717) is 17.3 Å². The van der Waals surface area contributed by atoms with Crippen LogP contribution in [0.25, 0.3) is 11.1 Å². The Morgan fingerprint density at radius 1 is 1.28 bits per heavy atom. The monoisotopic (exact) mass is 353 g/mol. The summed E-state index contributed by atoms with van der Waals surface area (Å²) in [6.45, 7) is 0.689. The van der Waals surface area contributed by atoms with Crippen molar-refractivity contribution >= 4 is 17.5 Å². The van der Waals surface area contributed by atoms with Crippen LogP contribution < -0.4 is 0 Å². The zero-order valence-electron chi connectivity index (χ0n) is 13.4. The number of H-pyrrole nitrogens is 1. The molecule has 2 aromatic heterocycles. The minimum absolute atomic E-state index is 0.0639. The number of nitrogens with zero attached hydrogens (tertiary/aromatic N) is 4. The van der Waals surface area contributed by atoms with Crippen LogP contribution in [0.3, 0.4) is 0 Å². The van der Waals surface area contributed by atoms with Crippen LogP contribution in [0.5, 0.6) is 0 Å². The molecule has 25 heavy (non-hydrogen) atoms. The Morgan fingerprint density at radius 3 is 3.00 bits per heavy atom.